The molecule has 0 amide bonds. The predicted molar refractivity (Wildman–Crippen MR) is 32.5 cm³/mol. The molecule has 9 heavy (non-hydrogen) atoms. The number of rotatable bonds is 0. The highest BCUT2D eigenvalue weighted by molar-refractivity contribution is 5.61. The van der Waals surface area contributed by atoms with Gasteiger partial charge in [-0.3, -0.25) is 0 Å². The van der Waals surface area contributed by atoms with E-state index >= 15 is 0 Å². The van der Waals surface area contributed by atoms with Gasteiger partial charge in [0.15, 0.2) is 6.08 Å². The highest BCUT2D eigenvalue weighted by Gasteiger charge is 2.03. The van der Waals surface area contributed by atoms with E-state index in [0.29, 0.717) is 0 Å². The lowest BCUT2D eigenvalue weighted by Gasteiger charge is -2.28. The first-order valence-electron chi connectivity index (χ1n) is 2.59. The van der Waals surface area contributed by atoms with E-state index in [1.165, 1.54) is 0 Å². The zero-order valence-electron chi connectivity index (χ0n) is 5.84. The van der Waals surface area contributed by atoms with Crippen molar-refractivity contribution < 1.29 is 9.84 Å². The van der Waals surface area contributed by atoms with Crippen molar-refractivity contribution in [1.82, 2.24) is 0 Å². The molecule has 0 radical (unpaired) electrons. The first kappa shape index (κ1) is 8.07. The average molecular weight is 131 g/mol. The molecular weight excluding hydrogens is 120 g/mol. The Morgan fingerprint density at radius 3 is 2.11 bits per heavy atom. The molecule has 4 heteroatoms. The van der Waals surface area contributed by atoms with Gasteiger partial charge < -0.3 is 15.7 Å². The van der Waals surface area contributed by atoms with Crippen LogP contribution in [0.15, 0.2) is 5.10 Å². The van der Waals surface area contributed by atoms with Crippen LogP contribution in [0.2, 0.25) is 0 Å². The van der Waals surface area contributed by atoms with Crippen molar-refractivity contribution in [2.24, 2.45) is 10.9 Å². The van der Waals surface area contributed by atoms with Crippen LogP contribution in [0, 0.1) is 0 Å². The van der Waals surface area contributed by atoms with Gasteiger partial charge in [0, 0.05) is 5.60 Å². The summed E-state index contributed by atoms with van der Waals surface area (Å²) in [5.74, 6) is 4.63. The van der Waals surface area contributed by atoms with E-state index in [2.05, 4.69) is 15.7 Å². The lowest BCUT2D eigenvalue weighted by Crippen LogP contribution is -2.32. The standard InChI is InChI=1S/C5H12N2O2/c1-5(2,3)9-4(8)7-6/h6H2,1-3H3,(H,7,8)/p-1. The minimum absolute atomic E-state index is 0.500. The summed E-state index contributed by atoms with van der Waals surface area (Å²) >= 11 is 0. The maximum atomic E-state index is 10.3. The Hall–Kier alpha value is -0.930. The Labute approximate surface area is 54.3 Å². The molecule has 0 rings (SSSR count). The zero-order valence-corrected chi connectivity index (χ0v) is 5.84. The fourth-order valence-corrected chi connectivity index (χ4v) is 0.288. The molecule has 2 N–H and O–H groups in total. The van der Waals surface area contributed by atoms with Crippen LogP contribution in [-0.2, 0) is 4.74 Å². The Kier molecular flexibility index (Phi) is 2.30. The third kappa shape index (κ3) is 4.93. The molecule has 0 fully saturated rings. The van der Waals surface area contributed by atoms with E-state index < -0.39 is 11.7 Å². The molecule has 0 saturated carbocycles. The van der Waals surface area contributed by atoms with Crippen molar-refractivity contribution in [2.75, 3.05) is 0 Å². The van der Waals surface area contributed by atoms with Crippen LogP contribution < -0.4 is 10.9 Å². The minimum Gasteiger partial charge on any atom is -0.593 e. The Morgan fingerprint density at radius 2 is 2.00 bits per heavy atom. The van der Waals surface area contributed by atoms with Gasteiger partial charge in [-0.1, -0.05) is 20.8 Å². The smallest absolute Gasteiger partial charge is 0.171 e. The molecule has 0 aliphatic rings. The van der Waals surface area contributed by atoms with Crippen molar-refractivity contribution in [3.63, 3.8) is 0 Å². The van der Waals surface area contributed by atoms with Crippen LogP contribution in [0.5, 0.6) is 0 Å². The van der Waals surface area contributed by atoms with Gasteiger partial charge in [0.1, 0.15) is 0 Å². The maximum absolute atomic E-state index is 10.3. The van der Waals surface area contributed by atoms with E-state index in [1.54, 1.807) is 20.8 Å². The number of nitrogens with two attached hydrogens (primary N) is 1. The molecule has 0 saturated heterocycles. The predicted octanol–water partition coefficient (Wildman–Crippen LogP) is -0.609. The number of hydrazone groups is 1. The van der Waals surface area contributed by atoms with Crippen molar-refractivity contribution in [3.05, 3.63) is 0 Å². The molecule has 0 aliphatic heterocycles. The van der Waals surface area contributed by atoms with Crippen LogP contribution >= 0.6 is 0 Å². The van der Waals surface area contributed by atoms with Gasteiger partial charge in [0.05, 0.1) is 0 Å². The SMILES string of the molecule is CC(C)(C)O/C([O-])=N/N. The number of hydrogen-bond donors (Lipinski definition) is 1. The quantitative estimate of drug-likeness (QED) is 0.206. The van der Waals surface area contributed by atoms with E-state index in [9.17, 15) is 5.11 Å². The molecule has 4 nitrogen and oxygen atoms in total. The van der Waals surface area contributed by atoms with E-state index in [0.717, 1.165) is 0 Å². The second-order valence-corrected chi connectivity index (χ2v) is 2.61. The molecule has 0 atom stereocenters. The highest BCUT2D eigenvalue weighted by Crippen LogP contribution is 2.04. The Bertz CT molecular complexity index is 115. The normalized spacial score (nSPS) is 13.4. The Balaban J connectivity index is 3.75. The summed E-state index contributed by atoms with van der Waals surface area (Å²) in [5, 5.41) is 13.1. The summed E-state index contributed by atoms with van der Waals surface area (Å²) in [7, 11) is 0. The third-order valence-corrected chi connectivity index (χ3v) is 0.499. The molecule has 0 aromatic carbocycles. The van der Waals surface area contributed by atoms with Crippen molar-refractivity contribution in [1.29, 1.82) is 0 Å². The fraction of sp³-hybridized carbons (Fsp3) is 0.800. The molecule has 0 unspecified atom stereocenters. The van der Waals surface area contributed by atoms with Gasteiger partial charge in [0.25, 0.3) is 0 Å². The summed E-state index contributed by atoms with van der Waals surface area (Å²) < 4.78 is 4.66. The molecule has 0 spiro atoms. The molecule has 0 aromatic heterocycles. The molecule has 0 bridgehead atoms. The highest BCUT2D eigenvalue weighted by atomic mass is 16.6. The summed E-state index contributed by atoms with van der Waals surface area (Å²) in [5.41, 5.74) is -0.500. The van der Waals surface area contributed by atoms with E-state index in [-0.39, 0.29) is 0 Å². The molecule has 0 aliphatic carbocycles. The maximum Gasteiger partial charge on any atom is 0.171 e. The molecule has 0 aromatic rings. The van der Waals surface area contributed by atoms with Gasteiger partial charge in [-0.2, -0.15) is 5.10 Å². The van der Waals surface area contributed by atoms with Crippen molar-refractivity contribution in [2.45, 2.75) is 26.4 Å². The van der Waals surface area contributed by atoms with Crippen LogP contribution in [0.4, 0.5) is 0 Å². The average Bonchev–Trinajstić information content (AvgIpc) is 1.62. The second kappa shape index (κ2) is 2.57. The monoisotopic (exact) mass is 131 g/mol. The number of hydrogen-bond acceptors (Lipinski definition) is 4. The lowest BCUT2D eigenvalue weighted by atomic mass is 10.2. The van der Waals surface area contributed by atoms with Crippen molar-refractivity contribution in [3.8, 4) is 0 Å². The molecule has 54 valence electrons. The van der Waals surface area contributed by atoms with E-state index in [4.69, 9.17) is 0 Å². The summed E-state index contributed by atoms with van der Waals surface area (Å²) in [4.78, 5) is 0. The topological polar surface area (TPSA) is 70.7 Å². The summed E-state index contributed by atoms with van der Waals surface area (Å²) in [6.07, 6.45) is -0.734. The van der Waals surface area contributed by atoms with Crippen molar-refractivity contribution >= 4 is 6.08 Å². The Morgan fingerprint density at radius 1 is 1.56 bits per heavy atom. The zero-order chi connectivity index (χ0) is 7.49. The van der Waals surface area contributed by atoms with E-state index in [1.807, 2.05) is 0 Å². The van der Waals surface area contributed by atoms with Gasteiger partial charge in [0.2, 0.25) is 0 Å². The first-order valence-corrected chi connectivity index (χ1v) is 2.59. The summed E-state index contributed by atoms with van der Waals surface area (Å²) in [6, 6.07) is 0. The minimum atomic E-state index is -0.734. The van der Waals surface area contributed by atoms with Gasteiger partial charge in [-0.05, 0) is 0 Å². The van der Waals surface area contributed by atoms with Gasteiger partial charge >= 0.3 is 0 Å². The first-order chi connectivity index (χ1) is 3.95. The van der Waals surface area contributed by atoms with Crippen LogP contribution in [0.25, 0.3) is 0 Å². The fourth-order valence-electron chi connectivity index (χ4n) is 0.288. The van der Waals surface area contributed by atoms with Crippen LogP contribution in [-0.4, -0.2) is 11.7 Å². The van der Waals surface area contributed by atoms with Crippen LogP contribution in [0.3, 0.4) is 0 Å². The van der Waals surface area contributed by atoms with Crippen LogP contribution in [0.1, 0.15) is 20.8 Å². The molecule has 0 heterocycles. The second-order valence-electron chi connectivity index (χ2n) is 2.61. The molecular formula is C5H11N2O2-. The summed E-state index contributed by atoms with van der Waals surface area (Å²) in [6.45, 7) is 5.24. The van der Waals surface area contributed by atoms with Gasteiger partial charge in [-0.25, -0.2) is 0 Å². The third-order valence-electron chi connectivity index (χ3n) is 0.499. The lowest BCUT2D eigenvalue weighted by molar-refractivity contribution is -0.260. The number of nitrogens with zero attached hydrogens (tertiary/aromatic N) is 1. The van der Waals surface area contributed by atoms with Gasteiger partial charge in [-0.15, -0.1) is 0 Å². The largest absolute Gasteiger partial charge is 0.593 e. The number of ether oxygens (including phenoxy) is 1.